The topological polar surface area (TPSA) is 55.6 Å². The molecule has 0 aromatic rings. The molecule has 4 nitrogen and oxygen atoms in total. The Kier molecular flexibility index (Phi) is 6.27. The third kappa shape index (κ3) is 7.41. The van der Waals surface area contributed by atoms with Gasteiger partial charge in [-0.05, 0) is 6.92 Å². The highest BCUT2D eigenvalue weighted by atomic mass is 32.1. The van der Waals surface area contributed by atoms with E-state index in [1.54, 1.807) is 6.92 Å². The zero-order chi connectivity index (χ0) is 12.8. The van der Waals surface area contributed by atoms with E-state index in [-0.39, 0.29) is 11.5 Å². The Labute approximate surface area is 96.5 Å². The summed E-state index contributed by atoms with van der Waals surface area (Å²) in [5.41, 5.74) is 5.22. The van der Waals surface area contributed by atoms with Gasteiger partial charge in [0.2, 0.25) is 5.91 Å². The number of carbonyl (C=O) groups excluding carboxylic acids is 1. The molecule has 0 aliphatic rings. The lowest BCUT2D eigenvalue weighted by Crippen LogP contribution is -2.40. The maximum atomic E-state index is 11.7. The number of hydrogen-bond acceptors (Lipinski definition) is 3. The number of ether oxygens (including phenoxy) is 1. The zero-order valence-electron chi connectivity index (χ0n) is 8.71. The second kappa shape index (κ2) is 6.64. The molecule has 0 atom stereocenters. The van der Waals surface area contributed by atoms with Crippen molar-refractivity contribution in [3.05, 3.63) is 0 Å². The Hall–Kier alpha value is -0.890. The number of amides is 1. The van der Waals surface area contributed by atoms with Crippen molar-refractivity contribution >= 4 is 23.1 Å². The minimum absolute atomic E-state index is 0.0417. The van der Waals surface area contributed by atoms with Gasteiger partial charge in [-0.1, -0.05) is 12.2 Å². The standard InChI is InChI=1S/C8H13F3N2O2S/c1-2-13(3-6(12)16)7(14)4-15-5-8(9,10)11/h2-5H2,1H3,(H2,12,16). The molecule has 0 rings (SSSR count). The molecule has 0 heterocycles. The van der Waals surface area contributed by atoms with E-state index in [0.717, 1.165) is 0 Å². The third-order valence-electron chi connectivity index (χ3n) is 1.57. The molecule has 0 aromatic carbocycles. The largest absolute Gasteiger partial charge is 0.411 e. The lowest BCUT2D eigenvalue weighted by atomic mass is 10.4. The first-order chi connectivity index (χ1) is 7.26. The molecule has 0 aromatic heterocycles. The number of thiocarbonyl (C=S) groups is 1. The van der Waals surface area contributed by atoms with Crippen molar-refractivity contribution < 1.29 is 22.7 Å². The summed E-state index contributed by atoms with van der Waals surface area (Å²) >= 11 is 4.59. The highest BCUT2D eigenvalue weighted by Crippen LogP contribution is 2.14. The number of halogens is 3. The number of carbonyl (C=O) groups is 1. The number of likely N-dealkylation sites (N-methyl/N-ethyl adjacent to an activating group) is 1. The van der Waals surface area contributed by atoms with Gasteiger partial charge in [0.05, 0.1) is 11.5 Å². The van der Waals surface area contributed by atoms with Gasteiger partial charge >= 0.3 is 6.18 Å². The molecule has 0 radical (unpaired) electrons. The molecule has 0 aliphatic carbocycles. The first kappa shape index (κ1) is 15.1. The summed E-state index contributed by atoms with van der Waals surface area (Å²) in [6, 6.07) is 0. The van der Waals surface area contributed by atoms with Crippen molar-refractivity contribution in [2.75, 3.05) is 26.3 Å². The monoisotopic (exact) mass is 258 g/mol. The maximum absolute atomic E-state index is 11.7. The van der Waals surface area contributed by atoms with Gasteiger partial charge in [0, 0.05) is 6.54 Å². The Balaban J connectivity index is 3.98. The SMILES string of the molecule is CCN(CC(N)=S)C(=O)COCC(F)(F)F. The number of alkyl halides is 3. The van der Waals surface area contributed by atoms with Crippen LogP contribution in [0.1, 0.15) is 6.92 Å². The summed E-state index contributed by atoms with van der Waals surface area (Å²) in [6.07, 6.45) is -4.43. The van der Waals surface area contributed by atoms with Crippen LogP contribution in [0.5, 0.6) is 0 Å². The molecule has 0 saturated heterocycles. The van der Waals surface area contributed by atoms with Crippen molar-refractivity contribution in [3.63, 3.8) is 0 Å². The molecule has 0 unspecified atom stereocenters. The summed E-state index contributed by atoms with van der Waals surface area (Å²) in [5.74, 6) is -0.570. The average Bonchev–Trinajstić information content (AvgIpc) is 2.11. The number of nitrogens with zero attached hydrogens (tertiary/aromatic N) is 1. The fourth-order valence-corrected chi connectivity index (χ4v) is 1.07. The Morgan fingerprint density at radius 1 is 1.50 bits per heavy atom. The van der Waals surface area contributed by atoms with Crippen LogP contribution in [0.25, 0.3) is 0 Å². The third-order valence-corrected chi connectivity index (χ3v) is 1.70. The molecule has 8 heteroatoms. The molecule has 16 heavy (non-hydrogen) atoms. The van der Waals surface area contributed by atoms with E-state index in [2.05, 4.69) is 17.0 Å². The van der Waals surface area contributed by atoms with E-state index < -0.39 is 25.3 Å². The summed E-state index contributed by atoms with van der Waals surface area (Å²) in [7, 11) is 0. The van der Waals surface area contributed by atoms with Crippen molar-refractivity contribution in [3.8, 4) is 0 Å². The van der Waals surface area contributed by atoms with Crippen LogP contribution >= 0.6 is 12.2 Å². The second-order valence-corrected chi connectivity index (χ2v) is 3.51. The van der Waals surface area contributed by atoms with E-state index in [1.165, 1.54) is 4.90 Å². The molecular formula is C8H13F3N2O2S. The van der Waals surface area contributed by atoms with Crippen molar-refractivity contribution in [1.29, 1.82) is 0 Å². The zero-order valence-corrected chi connectivity index (χ0v) is 9.53. The van der Waals surface area contributed by atoms with Crippen LogP contribution in [-0.2, 0) is 9.53 Å². The lowest BCUT2D eigenvalue weighted by Gasteiger charge is -2.20. The van der Waals surface area contributed by atoms with E-state index in [0.29, 0.717) is 6.54 Å². The molecule has 1 amide bonds. The van der Waals surface area contributed by atoms with Crippen LogP contribution in [0.15, 0.2) is 0 Å². The molecule has 0 aliphatic heterocycles. The van der Waals surface area contributed by atoms with Gasteiger partial charge in [-0.3, -0.25) is 4.79 Å². The molecule has 0 bridgehead atoms. The summed E-state index contributed by atoms with van der Waals surface area (Å²) in [5, 5.41) is 0. The second-order valence-electron chi connectivity index (χ2n) is 2.98. The van der Waals surface area contributed by atoms with Crippen LogP contribution in [-0.4, -0.2) is 48.3 Å². The Morgan fingerprint density at radius 3 is 2.44 bits per heavy atom. The highest BCUT2D eigenvalue weighted by molar-refractivity contribution is 7.80. The average molecular weight is 258 g/mol. The van der Waals surface area contributed by atoms with Gasteiger partial charge in [0.1, 0.15) is 13.2 Å². The van der Waals surface area contributed by atoms with Crippen LogP contribution in [0.4, 0.5) is 13.2 Å². The summed E-state index contributed by atoms with van der Waals surface area (Å²) < 4.78 is 39.3. The Bertz CT molecular complexity index is 258. The van der Waals surface area contributed by atoms with Crippen LogP contribution in [0, 0.1) is 0 Å². The molecule has 0 spiro atoms. The number of hydrogen-bond donors (Lipinski definition) is 1. The quantitative estimate of drug-likeness (QED) is 0.713. The summed E-state index contributed by atoms with van der Waals surface area (Å²) in [4.78, 5) is 12.6. The smallest absolute Gasteiger partial charge is 0.392 e. The number of rotatable bonds is 6. The fourth-order valence-electron chi connectivity index (χ4n) is 0.910. The van der Waals surface area contributed by atoms with Gasteiger partial charge in [0.15, 0.2) is 0 Å². The molecule has 0 saturated carbocycles. The fraction of sp³-hybridized carbons (Fsp3) is 0.750. The molecule has 94 valence electrons. The molecular weight excluding hydrogens is 245 g/mol. The van der Waals surface area contributed by atoms with Gasteiger partial charge in [-0.25, -0.2) is 0 Å². The van der Waals surface area contributed by atoms with E-state index in [4.69, 9.17) is 5.73 Å². The van der Waals surface area contributed by atoms with E-state index >= 15 is 0 Å². The minimum Gasteiger partial charge on any atom is -0.392 e. The van der Waals surface area contributed by atoms with Crippen molar-refractivity contribution in [2.24, 2.45) is 5.73 Å². The van der Waals surface area contributed by atoms with Gasteiger partial charge in [-0.15, -0.1) is 0 Å². The lowest BCUT2D eigenvalue weighted by molar-refractivity contribution is -0.177. The predicted octanol–water partition coefficient (Wildman–Crippen LogP) is 0.700. The normalized spacial score (nSPS) is 11.2. The van der Waals surface area contributed by atoms with Gasteiger partial charge < -0.3 is 15.4 Å². The minimum atomic E-state index is -4.43. The highest BCUT2D eigenvalue weighted by Gasteiger charge is 2.28. The first-order valence-electron chi connectivity index (χ1n) is 4.47. The van der Waals surface area contributed by atoms with Crippen LogP contribution in [0.3, 0.4) is 0 Å². The number of nitrogens with two attached hydrogens (primary N) is 1. The first-order valence-corrected chi connectivity index (χ1v) is 4.87. The predicted molar refractivity (Wildman–Crippen MR) is 55.9 cm³/mol. The van der Waals surface area contributed by atoms with Crippen LogP contribution < -0.4 is 5.73 Å². The maximum Gasteiger partial charge on any atom is 0.411 e. The molecule has 0 fully saturated rings. The van der Waals surface area contributed by atoms with Gasteiger partial charge in [0.25, 0.3) is 0 Å². The van der Waals surface area contributed by atoms with E-state index in [1.807, 2.05) is 0 Å². The van der Waals surface area contributed by atoms with Gasteiger partial charge in [-0.2, -0.15) is 13.2 Å². The summed E-state index contributed by atoms with van der Waals surface area (Å²) in [6.45, 7) is -0.0507. The van der Waals surface area contributed by atoms with E-state index in [9.17, 15) is 18.0 Å². The van der Waals surface area contributed by atoms with Crippen LogP contribution in [0.2, 0.25) is 0 Å². The molecule has 2 N–H and O–H groups in total. The van der Waals surface area contributed by atoms with Crippen molar-refractivity contribution in [1.82, 2.24) is 4.90 Å². The Morgan fingerprint density at radius 2 is 2.06 bits per heavy atom. The van der Waals surface area contributed by atoms with Crippen molar-refractivity contribution in [2.45, 2.75) is 13.1 Å².